The van der Waals surface area contributed by atoms with Gasteiger partial charge in [-0.3, -0.25) is 4.99 Å². The molecule has 1 unspecified atom stereocenters. The molecule has 1 aliphatic heterocycles. The first-order valence-corrected chi connectivity index (χ1v) is 4.35. The van der Waals surface area contributed by atoms with Crippen molar-refractivity contribution >= 4 is 17.2 Å². The zero-order valence-electron chi connectivity index (χ0n) is 5.90. The Balaban J connectivity index is 2.73. The number of hydrogen-bond donors (Lipinski definition) is 1. The van der Waals surface area contributed by atoms with Crippen molar-refractivity contribution in [1.29, 1.82) is 0 Å². The summed E-state index contributed by atoms with van der Waals surface area (Å²) in [5, 5.41) is 4.21. The van der Waals surface area contributed by atoms with Gasteiger partial charge in [-0.15, -0.1) is 0 Å². The fourth-order valence-corrected chi connectivity index (χ4v) is 1.68. The van der Waals surface area contributed by atoms with E-state index in [9.17, 15) is 0 Å². The summed E-state index contributed by atoms with van der Waals surface area (Å²) in [7, 11) is 0. The highest BCUT2D eigenvalue weighted by molar-refractivity contribution is 8.07. The number of rotatable bonds is 0. The van der Waals surface area contributed by atoms with Crippen LogP contribution in [0.2, 0.25) is 0 Å². The van der Waals surface area contributed by atoms with E-state index >= 15 is 0 Å². The van der Waals surface area contributed by atoms with E-state index < -0.39 is 0 Å². The van der Waals surface area contributed by atoms with Gasteiger partial charge in [0.1, 0.15) is 5.50 Å². The van der Waals surface area contributed by atoms with Gasteiger partial charge in [-0.2, -0.15) is 0 Å². The number of thioether (sulfide) groups is 1. The summed E-state index contributed by atoms with van der Waals surface area (Å²) in [6.07, 6.45) is 0. The lowest BCUT2D eigenvalue weighted by atomic mass is 10.3. The molecule has 1 heterocycles. The van der Waals surface area contributed by atoms with E-state index in [0.717, 1.165) is 5.36 Å². The second kappa shape index (κ2) is 2.68. The molecule has 0 saturated carbocycles. The van der Waals surface area contributed by atoms with Crippen molar-refractivity contribution in [2.75, 3.05) is 0 Å². The smallest absolute Gasteiger partial charge is 0.149 e. The normalized spacial score (nSPS) is 21.4. The van der Waals surface area contributed by atoms with Crippen molar-refractivity contribution in [3.8, 4) is 0 Å². The van der Waals surface area contributed by atoms with Crippen molar-refractivity contribution in [3.05, 3.63) is 34.8 Å². The molecule has 2 nitrogen and oxygen atoms in total. The van der Waals surface area contributed by atoms with Crippen LogP contribution in [0.3, 0.4) is 0 Å². The molecule has 1 aromatic carbocycles. The number of nitrogens with zero attached hydrogens (tertiary/aromatic N) is 1. The van der Waals surface area contributed by atoms with E-state index in [4.69, 9.17) is 5.73 Å². The topological polar surface area (TPSA) is 38.4 Å². The van der Waals surface area contributed by atoms with Crippen LogP contribution in [0.4, 0.5) is 0 Å². The van der Waals surface area contributed by atoms with Gasteiger partial charge in [-0.1, -0.05) is 30.0 Å². The standard InChI is InChI=1S/C8H8N2S/c9-8-10-7-4-2-1-3-6(7)5-11-8/h1-5,8H,9H2. The SMILES string of the molecule is NC1N=c2ccccc2=CS1. The third kappa shape index (κ3) is 1.29. The molecule has 2 N–H and O–H groups in total. The van der Waals surface area contributed by atoms with Gasteiger partial charge >= 0.3 is 0 Å². The van der Waals surface area contributed by atoms with Crippen LogP contribution in [0.5, 0.6) is 0 Å². The van der Waals surface area contributed by atoms with Gasteiger partial charge in [0.15, 0.2) is 0 Å². The van der Waals surface area contributed by atoms with Gasteiger partial charge in [0.2, 0.25) is 0 Å². The maximum atomic E-state index is 5.61. The van der Waals surface area contributed by atoms with Gasteiger partial charge in [-0.05, 0) is 11.5 Å². The molecular formula is C8H8N2S. The predicted octanol–water partition coefficient (Wildman–Crippen LogP) is 0.0333. The second-order valence-corrected chi connectivity index (χ2v) is 3.32. The minimum atomic E-state index is -0.120. The summed E-state index contributed by atoms with van der Waals surface area (Å²) in [6, 6.07) is 7.99. The molecule has 1 atom stereocenters. The van der Waals surface area contributed by atoms with Crippen LogP contribution >= 0.6 is 11.8 Å². The van der Waals surface area contributed by atoms with Crippen molar-refractivity contribution in [3.63, 3.8) is 0 Å². The highest BCUT2D eigenvalue weighted by Gasteiger charge is 2.00. The zero-order valence-corrected chi connectivity index (χ0v) is 6.71. The first-order chi connectivity index (χ1) is 5.36. The lowest BCUT2D eigenvalue weighted by Crippen LogP contribution is -2.31. The van der Waals surface area contributed by atoms with Crippen LogP contribution in [0, 0.1) is 0 Å². The Morgan fingerprint density at radius 1 is 1.36 bits per heavy atom. The van der Waals surface area contributed by atoms with Crippen LogP contribution in [0.15, 0.2) is 29.3 Å². The van der Waals surface area contributed by atoms with Crippen molar-refractivity contribution < 1.29 is 0 Å². The molecule has 56 valence electrons. The molecule has 0 saturated heterocycles. The average Bonchev–Trinajstić information content (AvgIpc) is 2.04. The highest BCUT2D eigenvalue weighted by Crippen LogP contribution is 2.08. The second-order valence-electron chi connectivity index (χ2n) is 2.33. The van der Waals surface area contributed by atoms with Gasteiger partial charge in [0.25, 0.3) is 0 Å². The minimum Gasteiger partial charge on any atom is -0.301 e. The van der Waals surface area contributed by atoms with Crippen molar-refractivity contribution in [2.45, 2.75) is 5.50 Å². The van der Waals surface area contributed by atoms with E-state index in [1.807, 2.05) is 29.7 Å². The third-order valence-electron chi connectivity index (χ3n) is 1.54. The number of para-hydroxylation sites is 1. The monoisotopic (exact) mass is 164 g/mol. The number of hydrogen-bond acceptors (Lipinski definition) is 3. The molecule has 0 radical (unpaired) electrons. The Bertz CT molecular complexity index is 372. The lowest BCUT2D eigenvalue weighted by Gasteiger charge is -2.05. The fourth-order valence-electron chi connectivity index (χ4n) is 1.02. The fraction of sp³-hybridized carbons (Fsp3) is 0.125. The molecule has 0 amide bonds. The van der Waals surface area contributed by atoms with E-state index in [-0.39, 0.29) is 5.50 Å². The minimum absolute atomic E-state index is 0.120. The summed E-state index contributed by atoms with van der Waals surface area (Å²) in [6.45, 7) is 0. The van der Waals surface area contributed by atoms with Crippen molar-refractivity contribution in [1.82, 2.24) is 0 Å². The Kier molecular flexibility index (Phi) is 1.68. The average molecular weight is 164 g/mol. The Hall–Kier alpha value is -0.800. The highest BCUT2D eigenvalue weighted by atomic mass is 32.2. The van der Waals surface area contributed by atoms with Gasteiger partial charge in [0, 0.05) is 5.22 Å². The van der Waals surface area contributed by atoms with E-state index in [1.165, 1.54) is 5.22 Å². The molecule has 3 heteroatoms. The summed E-state index contributed by atoms with van der Waals surface area (Å²) in [5.41, 5.74) is 5.49. The Morgan fingerprint density at radius 2 is 2.18 bits per heavy atom. The van der Waals surface area contributed by atoms with E-state index in [2.05, 4.69) is 4.99 Å². The molecule has 0 fully saturated rings. The molecule has 0 aliphatic carbocycles. The zero-order chi connectivity index (χ0) is 7.68. The van der Waals surface area contributed by atoms with Crippen LogP contribution in [-0.4, -0.2) is 5.50 Å². The van der Waals surface area contributed by atoms with Gasteiger partial charge in [0.05, 0.1) is 5.36 Å². The molecule has 1 aromatic rings. The van der Waals surface area contributed by atoms with Gasteiger partial charge in [-0.25, -0.2) is 0 Å². The first-order valence-electron chi connectivity index (χ1n) is 3.40. The van der Waals surface area contributed by atoms with Crippen LogP contribution < -0.4 is 16.3 Å². The number of benzene rings is 1. The maximum absolute atomic E-state index is 5.61. The molecule has 1 aliphatic rings. The summed E-state index contributed by atoms with van der Waals surface area (Å²) in [4.78, 5) is 4.26. The summed E-state index contributed by atoms with van der Waals surface area (Å²) < 4.78 is 0. The van der Waals surface area contributed by atoms with Crippen LogP contribution in [-0.2, 0) is 0 Å². The summed E-state index contributed by atoms with van der Waals surface area (Å²) in [5.74, 6) is 0. The van der Waals surface area contributed by atoms with Crippen LogP contribution in [0.1, 0.15) is 0 Å². The molecule has 11 heavy (non-hydrogen) atoms. The molecule has 0 aromatic heterocycles. The van der Waals surface area contributed by atoms with E-state index in [1.54, 1.807) is 11.8 Å². The quantitative estimate of drug-likeness (QED) is 0.587. The summed E-state index contributed by atoms with van der Waals surface area (Å²) >= 11 is 1.55. The molecule has 0 bridgehead atoms. The number of nitrogens with two attached hydrogens (primary N) is 1. The largest absolute Gasteiger partial charge is 0.301 e. The lowest BCUT2D eigenvalue weighted by molar-refractivity contribution is 0.938. The molecule has 2 rings (SSSR count). The van der Waals surface area contributed by atoms with Crippen molar-refractivity contribution in [2.24, 2.45) is 10.7 Å². The van der Waals surface area contributed by atoms with E-state index in [0.29, 0.717) is 0 Å². The third-order valence-corrected chi connectivity index (χ3v) is 2.31. The van der Waals surface area contributed by atoms with Gasteiger partial charge < -0.3 is 5.73 Å². The molecular weight excluding hydrogens is 156 g/mol. The first kappa shape index (κ1) is 6.88. The number of fused-ring (bicyclic) bond motifs is 1. The molecule has 0 spiro atoms. The predicted molar refractivity (Wildman–Crippen MR) is 47.3 cm³/mol. The Morgan fingerprint density at radius 3 is 3.09 bits per heavy atom. The Labute approximate surface area is 68.8 Å². The van der Waals surface area contributed by atoms with Crippen LogP contribution in [0.25, 0.3) is 5.41 Å². The maximum Gasteiger partial charge on any atom is 0.149 e.